The maximum atomic E-state index is 7.51. The number of fused-ring (bicyclic) bond motifs is 1. The van der Waals surface area contributed by atoms with Gasteiger partial charge < -0.3 is 4.98 Å². The molecule has 3 heteroatoms. The van der Waals surface area contributed by atoms with Crippen molar-refractivity contribution in [1.82, 2.24) is 9.97 Å². The smallest absolute Gasteiger partial charge is 0.0931 e. The number of aromatic amines is 1. The normalized spacial score (nSPS) is 8.23. The van der Waals surface area contributed by atoms with Gasteiger partial charge in [-0.15, -0.1) is 0 Å². The van der Waals surface area contributed by atoms with E-state index in [0.29, 0.717) is 0 Å². The second-order valence-electron chi connectivity index (χ2n) is 2.25. The second-order valence-corrected chi connectivity index (χ2v) is 2.25. The molecule has 1 aromatic carbocycles. The molecule has 0 amide bonds. The van der Waals surface area contributed by atoms with Crippen LogP contribution in [0.1, 0.15) is 0 Å². The summed E-state index contributed by atoms with van der Waals surface area (Å²) in [7, 11) is 0. The monoisotopic (exact) mass is 171 g/mol. The standard InChI is InChI=1S/C7H6N2.C3H3N/c1-2-4-7-6(3-1)8-5-9-7;1-2-3-4/h1-5H,(H,8,9);2H,1H2. The van der Waals surface area contributed by atoms with Crippen molar-refractivity contribution in [2.24, 2.45) is 0 Å². The van der Waals surface area contributed by atoms with Crippen LogP contribution in [0.5, 0.6) is 0 Å². The van der Waals surface area contributed by atoms with Crippen molar-refractivity contribution in [3.63, 3.8) is 0 Å². The van der Waals surface area contributed by atoms with E-state index < -0.39 is 0 Å². The van der Waals surface area contributed by atoms with Crippen LogP contribution >= 0.6 is 0 Å². The SMILES string of the molecule is C=CC#N.c1ccc2[nH]cnc2c1. The van der Waals surface area contributed by atoms with Crippen molar-refractivity contribution in [3.8, 4) is 6.07 Å². The van der Waals surface area contributed by atoms with Crippen LogP contribution in [0, 0.1) is 11.3 Å². The summed E-state index contributed by atoms with van der Waals surface area (Å²) in [6, 6.07) is 9.64. The lowest BCUT2D eigenvalue weighted by Gasteiger charge is -1.81. The minimum Gasteiger partial charge on any atom is -0.345 e. The van der Waals surface area contributed by atoms with Crippen LogP contribution in [0.15, 0.2) is 43.2 Å². The third-order valence-electron chi connectivity index (χ3n) is 1.42. The molecule has 0 spiro atoms. The van der Waals surface area contributed by atoms with Gasteiger partial charge in [0.15, 0.2) is 0 Å². The van der Waals surface area contributed by atoms with Crippen molar-refractivity contribution >= 4 is 11.0 Å². The van der Waals surface area contributed by atoms with Gasteiger partial charge >= 0.3 is 0 Å². The quantitative estimate of drug-likeness (QED) is 0.618. The third kappa shape index (κ3) is 2.46. The highest BCUT2D eigenvalue weighted by Crippen LogP contribution is 2.05. The number of aromatic nitrogens is 2. The Morgan fingerprint density at radius 2 is 2.15 bits per heavy atom. The third-order valence-corrected chi connectivity index (χ3v) is 1.42. The van der Waals surface area contributed by atoms with E-state index in [0.717, 1.165) is 11.0 Å². The highest BCUT2D eigenvalue weighted by molar-refractivity contribution is 5.73. The number of nitrogens with zero attached hydrogens (tertiary/aromatic N) is 2. The Bertz CT molecular complexity index is 393. The molecule has 1 N–H and O–H groups in total. The van der Waals surface area contributed by atoms with Crippen molar-refractivity contribution in [3.05, 3.63) is 43.2 Å². The highest BCUT2D eigenvalue weighted by Gasteiger charge is 1.88. The minimum atomic E-state index is 1.03. The molecule has 1 heterocycles. The second kappa shape index (κ2) is 4.73. The fraction of sp³-hybridized carbons (Fsp3) is 0. The molecule has 1 aromatic heterocycles. The van der Waals surface area contributed by atoms with E-state index in [1.54, 1.807) is 12.4 Å². The summed E-state index contributed by atoms with van der Waals surface area (Å²) < 4.78 is 0. The first kappa shape index (κ1) is 9.01. The molecule has 64 valence electrons. The summed E-state index contributed by atoms with van der Waals surface area (Å²) in [5.74, 6) is 0. The molecule has 0 bridgehead atoms. The number of rotatable bonds is 0. The van der Waals surface area contributed by atoms with Crippen LogP contribution in [-0.4, -0.2) is 9.97 Å². The first-order chi connectivity index (χ1) is 6.38. The first-order valence-corrected chi connectivity index (χ1v) is 3.77. The summed E-state index contributed by atoms with van der Waals surface area (Å²) in [5.41, 5.74) is 2.12. The van der Waals surface area contributed by atoms with Gasteiger partial charge in [-0.3, -0.25) is 0 Å². The van der Waals surface area contributed by atoms with Gasteiger partial charge in [0.2, 0.25) is 0 Å². The molecule has 3 nitrogen and oxygen atoms in total. The van der Waals surface area contributed by atoms with Gasteiger partial charge in [-0.2, -0.15) is 5.26 Å². The van der Waals surface area contributed by atoms with Crippen molar-refractivity contribution in [1.29, 1.82) is 5.26 Å². The first-order valence-electron chi connectivity index (χ1n) is 3.77. The Kier molecular flexibility index (Phi) is 3.28. The number of imidazole rings is 1. The predicted octanol–water partition coefficient (Wildman–Crippen LogP) is 2.26. The largest absolute Gasteiger partial charge is 0.345 e. The van der Waals surface area contributed by atoms with Crippen LogP contribution in [0.4, 0.5) is 0 Å². The van der Waals surface area contributed by atoms with Crippen LogP contribution < -0.4 is 0 Å². The van der Waals surface area contributed by atoms with Gasteiger partial charge in [-0.25, -0.2) is 4.98 Å². The topological polar surface area (TPSA) is 52.5 Å². The molecule has 0 saturated carbocycles. The molecule has 0 radical (unpaired) electrons. The van der Waals surface area contributed by atoms with E-state index in [-0.39, 0.29) is 0 Å². The molecule has 0 aliphatic heterocycles. The Labute approximate surface area is 76.3 Å². The van der Waals surface area contributed by atoms with E-state index in [1.165, 1.54) is 6.08 Å². The van der Waals surface area contributed by atoms with E-state index >= 15 is 0 Å². The van der Waals surface area contributed by atoms with Gasteiger partial charge in [0.1, 0.15) is 0 Å². The minimum absolute atomic E-state index is 1.03. The molecular weight excluding hydrogens is 162 g/mol. The van der Waals surface area contributed by atoms with Gasteiger partial charge in [-0.1, -0.05) is 18.7 Å². The van der Waals surface area contributed by atoms with Crippen LogP contribution in [0.25, 0.3) is 11.0 Å². The molecule has 0 saturated heterocycles. The summed E-state index contributed by atoms with van der Waals surface area (Å²) in [6.45, 7) is 3.12. The lowest BCUT2D eigenvalue weighted by atomic mass is 10.3. The Balaban J connectivity index is 0.000000184. The zero-order valence-electron chi connectivity index (χ0n) is 7.07. The number of nitriles is 1. The van der Waals surface area contributed by atoms with Gasteiger partial charge in [0.25, 0.3) is 0 Å². The maximum absolute atomic E-state index is 7.51. The summed E-state index contributed by atoms with van der Waals surface area (Å²) in [5, 5.41) is 7.51. The molecule has 13 heavy (non-hydrogen) atoms. The molecule has 2 rings (SSSR count). The van der Waals surface area contributed by atoms with E-state index in [9.17, 15) is 0 Å². The van der Waals surface area contributed by atoms with E-state index in [4.69, 9.17) is 5.26 Å². The van der Waals surface area contributed by atoms with Crippen LogP contribution in [-0.2, 0) is 0 Å². The maximum Gasteiger partial charge on any atom is 0.0931 e. The predicted molar refractivity (Wildman–Crippen MR) is 51.9 cm³/mol. The van der Waals surface area contributed by atoms with Crippen molar-refractivity contribution in [2.75, 3.05) is 0 Å². The number of hydrogen-bond donors (Lipinski definition) is 1. The van der Waals surface area contributed by atoms with E-state index in [1.807, 2.05) is 24.3 Å². The number of benzene rings is 1. The fourth-order valence-electron chi connectivity index (χ4n) is 0.880. The number of nitrogens with one attached hydrogen (secondary N) is 1. The molecular formula is C10H9N3. The Hall–Kier alpha value is -2.08. The molecule has 2 aromatic rings. The molecule has 0 fully saturated rings. The number of para-hydroxylation sites is 2. The number of H-pyrrole nitrogens is 1. The van der Waals surface area contributed by atoms with Gasteiger partial charge in [0.05, 0.1) is 23.4 Å². The average molecular weight is 171 g/mol. The Morgan fingerprint density at radius 3 is 2.77 bits per heavy atom. The lowest BCUT2D eigenvalue weighted by Crippen LogP contribution is -1.63. The van der Waals surface area contributed by atoms with Crippen molar-refractivity contribution in [2.45, 2.75) is 0 Å². The molecule has 0 aliphatic carbocycles. The van der Waals surface area contributed by atoms with Crippen molar-refractivity contribution < 1.29 is 0 Å². The number of allylic oxidation sites excluding steroid dienone is 1. The summed E-state index contributed by atoms with van der Waals surface area (Å²) in [6.07, 6.45) is 2.88. The van der Waals surface area contributed by atoms with Gasteiger partial charge in [0, 0.05) is 6.08 Å². The van der Waals surface area contributed by atoms with Crippen LogP contribution in [0.3, 0.4) is 0 Å². The summed E-state index contributed by atoms with van der Waals surface area (Å²) >= 11 is 0. The molecule has 0 atom stereocenters. The highest BCUT2D eigenvalue weighted by atomic mass is 14.9. The fourth-order valence-corrected chi connectivity index (χ4v) is 0.880. The van der Waals surface area contributed by atoms with Crippen LogP contribution in [0.2, 0.25) is 0 Å². The lowest BCUT2D eigenvalue weighted by molar-refractivity contribution is 1.34. The molecule has 0 aliphatic rings. The zero-order valence-corrected chi connectivity index (χ0v) is 7.07. The number of hydrogen-bond acceptors (Lipinski definition) is 2. The summed E-state index contributed by atoms with van der Waals surface area (Å²) in [4.78, 5) is 7.07. The zero-order chi connectivity index (χ0) is 9.52. The average Bonchev–Trinajstić information content (AvgIpc) is 2.66. The Morgan fingerprint density at radius 1 is 1.46 bits per heavy atom. The van der Waals surface area contributed by atoms with E-state index in [2.05, 4.69) is 16.5 Å². The van der Waals surface area contributed by atoms with Gasteiger partial charge in [-0.05, 0) is 12.1 Å². The molecule has 0 unspecified atom stereocenters.